The number of amides is 4. The van der Waals surface area contributed by atoms with Gasteiger partial charge in [-0.1, -0.05) is 18.2 Å². The van der Waals surface area contributed by atoms with E-state index in [-0.39, 0.29) is 44.4 Å². The summed E-state index contributed by atoms with van der Waals surface area (Å²) in [5, 5.41) is 5.48. The lowest BCUT2D eigenvalue weighted by atomic mass is 10.3. The molecule has 1 aliphatic rings. The van der Waals surface area contributed by atoms with Crippen molar-refractivity contribution < 1.29 is 28.7 Å². The van der Waals surface area contributed by atoms with E-state index in [0.717, 1.165) is 23.5 Å². The molecule has 1 aliphatic heterocycles. The van der Waals surface area contributed by atoms with Crippen molar-refractivity contribution in [2.24, 2.45) is 0 Å². The van der Waals surface area contributed by atoms with Gasteiger partial charge in [-0.2, -0.15) is 0 Å². The van der Waals surface area contributed by atoms with Gasteiger partial charge in [0, 0.05) is 44.6 Å². The van der Waals surface area contributed by atoms with E-state index in [9.17, 15) is 19.2 Å². The fourth-order valence-corrected chi connectivity index (χ4v) is 2.73. The molecule has 168 valence electrons. The second-order valence-electron chi connectivity index (χ2n) is 6.84. The van der Waals surface area contributed by atoms with Gasteiger partial charge in [0.05, 0.1) is 19.8 Å². The largest absolute Gasteiger partial charge is 0.494 e. The molecule has 1 aromatic carbocycles. The Kier molecular flexibility index (Phi) is 10.8. The molecule has 2 N–H and O–H groups in total. The zero-order valence-corrected chi connectivity index (χ0v) is 17.5. The van der Waals surface area contributed by atoms with Gasteiger partial charge in [-0.15, -0.1) is 0 Å². The van der Waals surface area contributed by atoms with Crippen molar-refractivity contribution in [3.05, 3.63) is 42.5 Å². The highest BCUT2D eigenvalue weighted by atomic mass is 16.5. The number of ether oxygens (including phenoxy) is 2. The van der Waals surface area contributed by atoms with Crippen LogP contribution < -0.4 is 15.4 Å². The first-order valence-electron chi connectivity index (χ1n) is 10.4. The van der Waals surface area contributed by atoms with Crippen molar-refractivity contribution in [2.45, 2.75) is 25.7 Å². The van der Waals surface area contributed by atoms with Gasteiger partial charge in [-0.3, -0.25) is 24.1 Å². The summed E-state index contributed by atoms with van der Waals surface area (Å²) in [6.07, 6.45) is 4.34. The van der Waals surface area contributed by atoms with Gasteiger partial charge in [-0.05, 0) is 25.0 Å². The Hall–Kier alpha value is -3.20. The van der Waals surface area contributed by atoms with Crippen molar-refractivity contribution >= 4 is 23.6 Å². The lowest BCUT2D eigenvalue weighted by molar-refractivity contribution is -0.137. The molecule has 9 heteroatoms. The molecular formula is C22H29N3O6. The maximum atomic E-state index is 11.7. The fourth-order valence-electron chi connectivity index (χ4n) is 2.73. The zero-order valence-electron chi connectivity index (χ0n) is 17.5. The first kappa shape index (κ1) is 24.1. The number of carbonyl (C=O) groups is 4. The number of carbonyl (C=O) groups excluding carboxylic acids is 4. The van der Waals surface area contributed by atoms with Crippen LogP contribution in [0.4, 0.5) is 0 Å². The molecule has 0 saturated carbocycles. The number of unbranched alkanes of at least 4 members (excludes halogenated alkanes) is 1. The second-order valence-corrected chi connectivity index (χ2v) is 6.84. The van der Waals surface area contributed by atoms with E-state index in [1.807, 2.05) is 30.3 Å². The molecule has 0 bridgehead atoms. The summed E-state index contributed by atoms with van der Waals surface area (Å²) in [6.45, 7) is 2.08. The first-order chi connectivity index (χ1) is 15.1. The normalized spacial score (nSPS) is 12.8. The molecule has 1 aromatic rings. The summed E-state index contributed by atoms with van der Waals surface area (Å²) in [5.41, 5.74) is 0. The van der Waals surface area contributed by atoms with E-state index in [4.69, 9.17) is 9.47 Å². The second kappa shape index (κ2) is 13.9. The predicted molar refractivity (Wildman–Crippen MR) is 113 cm³/mol. The standard InChI is InChI=1S/C22H29N3O6/c26-19(10-14-25-21(28)8-9-22(25)29)24-13-17-30-16-11-20(27)23-12-4-5-15-31-18-6-2-1-3-7-18/h1-3,6-9H,4-5,10-17H2,(H,23,27)(H,24,26). The van der Waals surface area contributed by atoms with Gasteiger partial charge >= 0.3 is 0 Å². The SMILES string of the molecule is O=C(CCOCCNC(=O)CCN1C(=O)C=CC1=O)NCCCCOc1ccccc1. The van der Waals surface area contributed by atoms with Crippen molar-refractivity contribution in [1.29, 1.82) is 0 Å². The highest BCUT2D eigenvalue weighted by Gasteiger charge is 2.23. The Morgan fingerprint density at radius 1 is 0.806 bits per heavy atom. The Labute approximate surface area is 181 Å². The molecule has 0 unspecified atom stereocenters. The van der Waals surface area contributed by atoms with Crippen molar-refractivity contribution in [2.75, 3.05) is 39.5 Å². The summed E-state index contributed by atoms with van der Waals surface area (Å²) in [6, 6.07) is 9.59. The summed E-state index contributed by atoms with van der Waals surface area (Å²) in [7, 11) is 0. The van der Waals surface area contributed by atoms with Crippen molar-refractivity contribution in [3.63, 3.8) is 0 Å². The van der Waals surface area contributed by atoms with Crippen LogP contribution in [0.3, 0.4) is 0 Å². The van der Waals surface area contributed by atoms with E-state index in [1.165, 1.54) is 12.2 Å². The molecule has 0 saturated heterocycles. The third-order valence-electron chi connectivity index (χ3n) is 4.41. The Morgan fingerprint density at radius 3 is 2.23 bits per heavy atom. The smallest absolute Gasteiger partial charge is 0.253 e. The number of nitrogens with zero attached hydrogens (tertiary/aromatic N) is 1. The fraction of sp³-hybridized carbons (Fsp3) is 0.455. The topological polar surface area (TPSA) is 114 Å². The van der Waals surface area contributed by atoms with Crippen LogP contribution in [0, 0.1) is 0 Å². The van der Waals surface area contributed by atoms with Crippen LogP contribution in [-0.4, -0.2) is 68.0 Å². The molecule has 0 radical (unpaired) electrons. The first-order valence-corrected chi connectivity index (χ1v) is 10.4. The molecule has 0 aliphatic carbocycles. The summed E-state index contributed by atoms with van der Waals surface area (Å²) < 4.78 is 10.9. The Morgan fingerprint density at radius 2 is 1.48 bits per heavy atom. The van der Waals surface area contributed by atoms with Crippen LogP contribution in [0.15, 0.2) is 42.5 Å². The quantitative estimate of drug-likeness (QED) is 0.314. The zero-order chi connectivity index (χ0) is 22.3. The van der Waals surface area contributed by atoms with E-state index in [0.29, 0.717) is 19.7 Å². The Bertz CT molecular complexity index is 748. The molecule has 1 heterocycles. The summed E-state index contributed by atoms with van der Waals surface area (Å²) in [5.74, 6) is -0.319. The minimum atomic E-state index is -0.403. The van der Waals surface area contributed by atoms with E-state index < -0.39 is 11.8 Å². The highest BCUT2D eigenvalue weighted by molar-refractivity contribution is 6.13. The molecule has 31 heavy (non-hydrogen) atoms. The molecule has 2 rings (SSSR count). The van der Waals surface area contributed by atoms with Crippen LogP contribution in [0.2, 0.25) is 0 Å². The van der Waals surface area contributed by atoms with Crippen LogP contribution in [0.1, 0.15) is 25.7 Å². The van der Waals surface area contributed by atoms with Gasteiger partial charge in [0.2, 0.25) is 11.8 Å². The maximum absolute atomic E-state index is 11.7. The average molecular weight is 431 g/mol. The van der Waals surface area contributed by atoms with Gasteiger partial charge in [0.15, 0.2) is 0 Å². The number of rotatable bonds is 15. The maximum Gasteiger partial charge on any atom is 0.253 e. The van der Waals surface area contributed by atoms with Crippen molar-refractivity contribution in [3.8, 4) is 5.75 Å². The third-order valence-corrected chi connectivity index (χ3v) is 4.41. The van der Waals surface area contributed by atoms with E-state index >= 15 is 0 Å². The van der Waals surface area contributed by atoms with Gasteiger partial charge < -0.3 is 20.1 Å². The van der Waals surface area contributed by atoms with Crippen LogP contribution >= 0.6 is 0 Å². The van der Waals surface area contributed by atoms with Crippen LogP contribution in [0.25, 0.3) is 0 Å². The van der Waals surface area contributed by atoms with Gasteiger partial charge in [-0.25, -0.2) is 0 Å². The van der Waals surface area contributed by atoms with Gasteiger partial charge in [0.1, 0.15) is 5.75 Å². The molecule has 0 aromatic heterocycles. The average Bonchev–Trinajstić information content (AvgIpc) is 3.09. The molecule has 9 nitrogen and oxygen atoms in total. The monoisotopic (exact) mass is 431 g/mol. The van der Waals surface area contributed by atoms with Crippen LogP contribution in [0.5, 0.6) is 5.75 Å². The summed E-state index contributed by atoms with van der Waals surface area (Å²) in [4.78, 5) is 47.2. The van der Waals surface area contributed by atoms with E-state index in [1.54, 1.807) is 0 Å². The number of benzene rings is 1. The molecule has 0 fully saturated rings. The molecule has 0 atom stereocenters. The van der Waals surface area contributed by atoms with Gasteiger partial charge in [0.25, 0.3) is 11.8 Å². The predicted octanol–water partition coefficient (Wildman–Crippen LogP) is 0.800. The molecule has 0 spiro atoms. The van der Waals surface area contributed by atoms with Crippen molar-refractivity contribution in [1.82, 2.24) is 15.5 Å². The molecular weight excluding hydrogens is 402 g/mol. The van der Waals surface area contributed by atoms with E-state index in [2.05, 4.69) is 10.6 Å². The number of imide groups is 1. The minimum absolute atomic E-state index is 0.0396. The minimum Gasteiger partial charge on any atom is -0.494 e. The number of nitrogens with one attached hydrogen (secondary N) is 2. The lowest BCUT2D eigenvalue weighted by Crippen LogP contribution is -2.35. The number of hydrogen-bond donors (Lipinski definition) is 2. The highest BCUT2D eigenvalue weighted by Crippen LogP contribution is 2.08. The van der Waals surface area contributed by atoms with Crippen LogP contribution in [-0.2, 0) is 23.9 Å². The molecule has 4 amide bonds. The Balaban J connectivity index is 1.37. The lowest BCUT2D eigenvalue weighted by Gasteiger charge is -2.13. The number of hydrogen-bond acceptors (Lipinski definition) is 6. The summed E-state index contributed by atoms with van der Waals surface area (Å²) >= 11 is 0. The third kappa shape index (κ3) is 9.90. The number of para-hydroxylation sites is 1.